The van der Waals surface area contributed by atoms with Gasteiger partial charge in [-0.25, -0.2) is 8.78 Å². The standard InChI is InChI=1S/C9H9F2NO/c10-6-1-2-8(11)7(5-6)9-3-4-13-12-9/h1-2,5,9,12H,3-4H2/t9-/m1/s1. The highest BCUT2D eigenvalue weighted by Crippen LogP contribution is 2.24. The van der Waals surface area contributed by atoms with Crippen molar-refractivity contribution in [3.05, 3.63) is 35.4 Å². The van der Waals surface area contributed by atoms with E-state index in [0.29, 0.717) is 18.6 Å². The van der Waals surface area contributed by atoms with Crippen LogP contribution >= 0.6 is 0 Å². The molecule has 0 amide bonds. The summed E-state index contributed by atoms with van der Waals surface area (Å²) in [6.45, 7) is 0.528. The molecule has 1 aliphatic rings. The maximum atomic E-state index is 13.2. The van der Waals surface area contributed by atoms with Crippen LogP contribution in [-0.4, -0.2) is 6.61 Å². The molecule has 2 rings (SSSR count). The quantitative estimate of drug-likeness (QED) is 0.721. The van der Waals surface area contributed by atoms with Crippen molar-refractivity contribution in [2.24, 2.45) is 0 Å². The van der Waals surface area contributed by atoms with Gasteiger partial charge in [-0.2, -0.15) is 5.48 Å². The molecule has 4 heteroatoms. The maximum absolute atomic E-state index is 13.2. The zero-order chi connectivity index (χ0) is 9.26. The molecule has 1 heterocycles. The van der Waals surface area contributed by atoms with Crippen molar-refractivity contribution in [2.45, 2.75) is 12.5 Å². The summed E-state index contributed by atoms with van der Waals surface area (Å²) in [4.78, 5) is 4.87. The fourth-order valence-electron chi connectivity index (χ4n) is 1.40. The summed E-state index contributed by atoms with van der Waals surface area (Å²) in [6, 6.07) is 3.21. The molecule has 1 aromatic carbocycles. The third-order valence-electron chi connectivity index (χ3n) is 2.07. The van der Waals surface area contributed by atoms with Gasteiger partial charge in [-0.3, -0.25) is 0 Å². The molecule has 2 nitrogen and oxygen atoms in total. The number of halogens is 2. The largest absolute Gasteiger partial charge is 0.301 e. The molecule has 1 atom stereocenters. The molecule has 0 aliphatic carbocycles. The molecule has 0 bridgehead atoms. The Bertz CT molecular complexity index is 310. The molecule has 1 fully saturated rings. The zero-order valence-corrected chi connectivity index (χ0v) is 6.89. The first-order valence-corrected chi connectivity index (χ1v) is 4.09. The van der Waals surface area contributed by atoms with E-state index in [1.54, 1.807) is 0 Å². The molecule has 0 radical (unpaired) electrons. The van der Waals surface area contributed by atoms with E-state index in [0.717, 1.165) is 12.1 Å². The number of hydroxylamine groups is 1. The number of benzene rings is 1. The monoisotopic (exact) mass is 185 g/mol. The van der Waals surface area contributed by atoms with Crippen LogP contribution in [0, 0.1) is 11.6 Å². The smallest absolute Gasteiger partial charge is 0.128 e. The van der Waals surface area contributed by atoms with Gasteiger partial charge in [-0.1, -0.05) is 0 Å². The van der Waals surface area contributed by atoms with Gasteiger partial charge in [-0.15, -0.1) is 0 Å². The Balaban J connectivity index is 2.32. The third kappa shape index (κ3) is 1.68. The topological polar surface area (TPSA) is 21.3 Å². The summed E-state index contributed by atoms with van der Waals surface area (Å²) in [5.41, 5.74) is 2.97. The Morgan fingerprint density at radius 3 is 2.92 bits per heavy atom. The Labute approximate surface area is 74.5 Å². The molecule has 13 heavy (non-hydrogen) atoms. The molecule has 1 saturated heterocycles. The number of nitrogens with one attached hydrogen (secondary N) is 1. The Hall–Kier alpha value is -1.00. The van der Waals surface area contributed by atoms with Crippen molar-refractivity contribution in [1.29, 1.82) is 0 Å². The second-order valence-corrected chi connectivity index (χ2v) is 2.97. The molecule has 70 valence electrons. The first-order valence-electron chi connectivity index (χ1n) is 4.09. The average molecular weight is 185 g/mol. The van der Waals surface area contributed by atoms with E-state index in [9.17, 15) is 8.78 Å². The van der Waals surface area contributed by atoms with Crippen LogP contribution in [0.1, 0.15) is 18.0 Å². The van der Waals surface area contributed by atoms with Gasteiger partial charge in [0.05, 0.1) is 12.6 Å². The zero-order valence-electron chi connectivity index (χ0n) is 6.89. The highest BCUT2D eigenvalue weighted by atomic mass is 19.1. The highest BCUT2D eigenvalue weighted by molar-refractivity contribution is 5.22. The maximum Gasteiger partial charge on any atom is 0.128 e. The van der Waals surface area contributed by atoms with Crippen LogP contribution in [0.3, 0.4) is 0 Å². The molecule has 0 aromatic heterocycles. The Morgan fingerprint density at radius 1 is 1.38 bits per heavy atom. The lowest BCUT2D eigenvalue weighted by molar-refractivity contribution is 0.0877. The van der Waals surface area contributed by atoms with Gasteiger partial charge in [0.1, 0.15) is 11.6 Å². The van der Waals surface area contributed by atoms with Crippen molar-refractivity contribution in [2.75, 3.05) is 6.61 Å². The molecule has 0 spiro atoms. The number of hydrogen-bond acceptors (Lipinski definition) is 2. The third-order valence-corrected chi connectivity index (χ3v) is 2.07. The van der Waals surface area contributed by atoms with Crippen molar-refractivity contribution >= 4 is 0 Å². The molecule has 0 unspecified atom stereocenters. The summed E-state index contributed by atoms with van der Waals surface area (Å²) >= 11 is 0. The van der Waals surface area contributed by atoms with E-state index < -0.39 is 11.6 Å². The van der Waals surface area contributed by atoms with Crippen LogP contribution in [0.5, 0.6) is 0 Å². The van der Waals surface area contributed by atoms with Gasteiger partial charge in [0.2, 0.25) is 0 Å². The van der Waals surface area contributed by atoms with Gasteiger partial charge >= 0.3 is 0 Å². The molecule has 1 aromatic rings. The summed E-state index contributed by atoms with van der Waals surface area (Å²) in [6.07, 6.45) is 0.667. The van der Waals surface area contributed by atoms with Crippen molar-refractivity contribution in [1.82, 2.24) is 5.48 Å². The number of rotatable bonds is 1. The predicted octanol–water partition coefficient (Wildman–Crippen LogP) is 1.93. The van der Waals surface area contributed by atoms with Crippen LogP contribution in [0.2, 0.25) is 0 Å². The van der Waals surface area contributed by atoms with Crippen molar-refractivity contribution < 1.29 is 13.6 Å². The first kappa shape index (κ1) is 8.59. The van der Waals surface area contributed by atoms with Crippen molar-refractivity contribution in [3.8, 4) is 0 Å². The van der Waals surface area contributed by atoms with Gasteiger partial charge in [0.15, 0.2) is 0 Å². The predicted molar refractivity (Wildman–Crippen MR) is 42.8 cm³/mol. The van der Waals surface area contributed by atoms with E-state index in [-0.39, 0.29) is 6.04 Å². The molecule has 1 aliphatic heterocycles. The minimum atomic E-state index is -0.426. The second kappa shape index (κ2) is 3.40. The first-order chi connectivity index (χ1) is 6.27. The fourth-order valence-corrected chi connectivity index (χ4v) is 1.40. The SMILES string of the molecule is Fc1ccc(F)c([C@H]2CCON2)c1. The van der Waals surface area contributed by atoms with E-state index >= 15 is 0 Å². The van der Waals surface area contributed by atoms with E-state index in [1.807, 2.05) is 0 Å². The normalized spacial score (nSPS) is 22.2. The van der Waals surface area contributed by atoms with E-state index in [2.05, 4.69) is 5.48 Å². The summed E-state index contributed by atoms with van der Waals surface area (Å²) in [5.74, 6) is -0.825. The van der Waals surface area contributed by atoms with Gasteiger partial charge in [-0.05, 0) is 24.6 Å². The minimum absolute atomic E-state index is 0.226. The Kier molecular flexibility index (Phi) is 2.24. The number of hydrogen-bond donors (Lipinski definition) is 1. The van der Waals surface area contributed by atoms with E-state index in [4.69, 9.17) is 4.84 Å². The van der Waals surface area contributed by atoms with E-state index in [1.165, 1.54) is 6.07 Å². The molecular weight excluding hydrogens is 176 g/mol. The average Bonchev–Trinajstić information content (AvgIpc) is 2.61. The van der Waals surface area contributed by atoms with Gasteiger partial charge in [0, 0.05) is 5.56 Å². The van der Waals surface area contributed by atoms with Crippen LogP contribution < -0.4 is 5.48 Å². The fraction of sp³-hybridized carbons (Fsp3) is 0.333. The minimum Gasteiger partial charge on any atom is -0.301 e. The lowest BCUT2D eigenvalue weighted by atomic mass is 10.1. The lowest BCUT2D eigenvalue weighted by Gasteiger charge is -2.09. The van der Waals surface area contributed by atoms with Crippen LogP contribution in [-0.2, 0) is 4.84 Å². The lowest BCUT2D eigenvalue weighted by Crippen LogP contribution is -2.13. The van der Waals surface area contributed by atoms with Crippen LogP contribution in [0.15, 0.2) is 18.2 Å². The summed E-state index contributed by atoms with van der Waals surface area (Å²) < 4.78 is 25.9. The van der Waals surface area contributed by atoms with Crippen molar-refractivity contribution in [3.63, 3.8) is 0 Å². The van der Waals surface area contributed by atoms with Gasteiger partial charge < -0.3 is 4.84 Å². The van der Waals surface area contributed by atoms with Crippen LogP contribution in [0.25, 0.3) is 0 Å². The van der Waals surface area contributed by atoms with Crippen LogP contribution in [0.4, 0.5) is 8.78 Å². The second-order valence-electron chi connectivity index (χ2n) is 2.97. The molecule has 0 saturated carbocycles. The summed E-state index contributed by atoms with van der Waals surface area (Å²) in [7, 11) is 0. The molecular formula is C9H9F2NO. The molecule has 1 N–H and O–H groups in total. The summed E-state index contributed by atoms with van der Waals surface area (Å²) in [5, 5.41) is 0. The Morgan fingerprint density at radius 2 is 2.23 bits per heavy atom. The highest BCUT2D eigenvalue weighted by Gasteiger charge is 2.20. The van der Waals surface area contributed by atoms with Gasteiger partial charge in [0.25, 0.3) is 0 Å².